The van der Waals surface area contributed by atoms with Crippen molar-refractivity contribution in [2.75, 3.05) is 6.61 Å². The average Bonchev–Trinajstić information content (AvgIpc) is 2.42. The van der Waals surface area contributed by atoms with Crippen LogP contribution in [-0.4, -0.2) is 53.4 Å². The van der Waals surface area contributed by atoms with E-state index in [0.29, 0.717) is 0 Å². The first-order valence-electron chi connectivity index (χ1n) is 7.42. The Balaban J connectivity index is 3.04. The van der Waals surface area contributed by atoms with Crippen molar-refractivity contribution in [3.8, 4) is 0 Å². The van der Waals surface area contributed by atoms with Crippen molar-refractivity contribution in [3.63, 3.8) is 0 Å². The first-order chi connectivity index (χ1) is 11.1. The second-order valence-corrected chi connectivity index (χ2v) is 6.74. The molecule has 0 aliphatic carbocycles. The Morgan fingerprint density at radius 3 is 1.92 bits per heavy atom. The lowest BCUT2D eigenvalue weighted by atomic mass is 9.91. The van der Waals surface area contributed by atoms with E-state index in [9.17, 15) is 19.2 Å². The Morgan fingerprint density at radius 2 is 1.46 bits per heavy atom. The molecule has 0 N–H and O–H groups in total. The van der Waals surface area contributed by atoms with E-state index in [1.165, 1.54) is 27.7 Å². The van der Waals surface area contributed by atoms with Crippen molar-refractivity contribution in [3.05, 3.63) is 0 Å². The standard InChI is InChI=1S/C15H22O8S/c1-7-13(21-9(3)17)12(6-20-8(2)16)23-15(24-11(5)19)14(7)22-10(4)18/h7,12-15H,6H2,1-5H3/t7?,12-,13-,14?,15-/m1/s1. The second-order valence-electron chi connectivity index (χ2n) is 5.46. The molecule has 1 fully saturated rings. The van der Waals surface area contributed by atoms with Gasteiger partial charge in [0.25, 0.3) is 0 Å². The predicted octanol–water partition coefficient (Wildman–Crippen LogP) is 1.05. The smallest absolute Gasteiger partial charge is 0.303 e. The SMILES string of the molecule is CC(=O)OC[C@H]1O[C@H](SC(C)=O)C(OC(C)=O)C(C)[C@H]1OC(C)=O. The van der Waals surface area contributed by atoms with Crippen LogP contribution in [0.3, 0.4) is 0 Å². The molecule has 0 bridgehead atoms. The largest absolute Gasteiger partial charge is 0.463 e. The fourth-order valence-corrected chi connectivity index (χ4v) is 3.38. The second kappa shape index (κ2) is 9.03. The van der Waals surface area contributed by atoms with Gasteiger partial charge in [-0.15, -0.1) is 0 Å². The summed E-state index contributed by atoms with van der Waals surface area (Å²) in [7, 11) is 0. The maximum atomic E-state index is 11.5. The third-order valence-electron chi connectivity index (χ3n) is 3.32. The molecule has 1 rings (SSSR count). The Labute approximate surface area is 144 Å². The van der Waals surface area contributed by atoms with E-state index in [2.05, 4.69) is 0 Å². The van der Waals surface area contributed by atoms with Crippen LogP contribution in [0.15, 0.2) is 0 Å². The zero-order valence-corrected chi connectivity index (χ0v) is 15.1. The highest BCUT2D eigenvalue weighted by molar-refractivity contribution is 8.14. The molecule has 8 nitrogen and oxygen atoms in total. The minimum Gasteiger partial charge on any atom is -0.463 e. The first-order valence-corrected chi connectivity index (χ1v) is 8.30. The molecule has 136 valence electrons. The molecule has 24 heavy (non-hydrogen) atoms. The summed E-state index contributed by atoms with van der Waals surface area (Å²) in [5.74, 6) is -2.04. The van der Waals surface area contributed by atoms with Crippen molar-refractivity contribution >= 4 is 34.8 Å². The van der Waals surface area contributed by atoms with Crippen LogP contribution in [-0.2, 0) is 38.1 Å². The fourth-order valence-electron chi connectivity index (χ4n) is 2.42. The predicted molar refractivity (Wildman–Crippen MR) is 83.8 cm³/mol. The number of ether oxygens (including phenoxy) is 4. The number of hydrogen-bond donors (Lipinski definition) is 0. The van der Waals surface area contributed by atoms with Crippen LogP contribution in [0.2, 0.25) is 0 Å². The van der Waals surface area contributed by atoms with Gasteiger partial charge in [0.15, 0.2) is 5.12 Å². The van der Waals surface area contributed by atoms with Gasteiger partial charge in [-0.2, -0.15) is 0 Å². The summed E-state index contributed by atoms with van der Waals surface area (Å²) in [6, 6.07) is 0. The lowest BCUT2D eigenvalue weighted by molar-refractivity contribution is -0.212. The van der Waals surface area contributed by atoms with E-state index in [4.69, 9.17) is 18.9 Å². The van der Waals surface area contributed by atoms with E-state index in [-0.39, 0.29) is 11.7 Å². The Hall–Kier alpha value is -1.61. The third kappa shape index (κ3) is 6.12. The van der Waals surface area contributed by atoms with Crippen molar-refractivity contribution in [2.24, 2.45) is 5.92 Å². The van der Waals surface area contributed by atoms with E-state index >= 15 is 0 Å². The van der Waals surface area contributed by atoms with Crippen LogP contribution in [0.5, 0.6) is 0 Å². The van der Waals surface area contributed by atoms with Gasteiger partial charge in [-0.1, -0.05) is 18.7 Å². The minimum atomic E-state index is -0.784. The lowest BCUT2D eigenvalue weighted by Gasteiger charge is -2.43. The molecule has 0 aromatic rings. The van der Waals surface area contributed by atoms with Gasteiger partial charge >= 0.3 is 17.9 Å². The molecule has 1 saturated heterocycles. The summed E-state index contributed by atoms with van der Waals surface area (Å²) in [6.07, 6.45) is -2.33. The molecule has 0 saturated carbocycles. The van der Waals surface area contributed by atoms with Gasteiger partial charge in [-0.05, 0) is 0 Å². The number of esters is 3. The normalized spacial score (nSPS) is 29.5. The molecular weight excluding hydrogens is 340 g/mol. The highest BCUT2D eigenvalue weighted by atomic mass is 32.2. The van der Waals surface area contributed by atoms with Crippen LogP contribution in [0.25, 0.3) is 0 Å². The molecule has 0 spiro atoms. The van der Waals surface area contributed by atoms with Crippen LogP contribution in [0, 0.1) is 5.92 Å². The van der Waals surface area contributed by atoms with Gasteiger partial charge in [0.1, 0.15) is 30.4 Å². The van der Waals surface area contributed by atoms with Crippen LogP contribution in [0.1, 0.15) is 34.6 Å². The molecule has 9 heteroatoms. The molecular formula is C15H22O8S. The summed E-state index contributed by atoms with van der Waals surface area (Å²) in [5.41, 5.74) is -0.784. The topological polar surface area (TPSA) is 105 Å². The monoisotopic (exact) mass is 362 g/mol. The molecule has 5 atom stereocenters. The van der Waals surface area contributed by atoms with E-state index in [1.807, 2.05) is 0 Å². The molecule has 0 amide bonds. The summed E-state index contributed by atoms with van der Waals surface area (Å²) in [5, 5.41) is -0.221. The van der Waals surface area contributed by atoms with Crippen LogP contribution in [0.4, 0.5) is 0 Å². The summed E-state index contributed by atoms with van der Waals surface area (Å²) in [4.78, 5) is 45.2. The third-order valence-corrected chi connectivity index (χ3v) is 4.26. The summed E-state index contributed by atoms with van der Waals surface area (Å²) < 4.78 is 21.2. The van der Waals surface area contributed by atoms with E-state index in [0.717, 1.165) is 11.8 Å². The van der Waals surface area contributed by atoms with Gasteiger partial charge in [0, 0.05) is 33.6 Å². The molecule has 1 aliphatic rings. The fraction of sp³-hybridized carbons (Fsp3) is 0.733. The number of carbonyl (C=O) groups excluding carboxylic acids is 4. The minimum absolute atomic E-state index is 0.140. The number of thioether (sulfide) groups is 1. The average molecular weight is 362 g/mol. The van der Waals surface area contributed by atoms with Gasteiger partial charge < -0.3 is 18.9 Å². The molecule has 0 aromatic heterocycles. The highest BCUT2D eigenvalue weighted by Crippen LogP contribution is 2.36. The van der Waals surface area contributed by atoms with Gasteiger partial charge in [0.2, 0.25) is 0 Å². The van der Waals surface area contributed by atoms with Crippen molar-refractivity contribution in [1.82, 2.24) is 0 Å². The maximum absolute atomic E-state index is 11.5. The zero-order valence-electron chi connectivity index (χ0n) is 14.3. The van der Waals surface area contributed by atoms with Gasteiger partial charge in [0.05, 0.1) is 0 Å². The summed E-state index contributed by atoms with van der Waals surface area (Å²) >= 11 is 0.869. The van der Waals surface area contributed by atoms with Crippen molar-refractivity contribution in [2.45, 2.75) is 58.4 Å². The highest BCUT2D eigenvalue weighted by Gasteiger charge is 2.48. The van der Waals surface area contributed by atoms with Gasteiger partial charge in [-0.3, -0.25) is 19.2 Å². The van der Waals surface area contributed by atoms with Crippen LogP contribution < -0.4 is 0 Å². The molecule has 1 aliphatic heterocycles. The zero-order chi connectivity index (χ0) is 18.4. The molecule has 0 aromatic carbocycles. The molecule has 1 heterocycles. The number of hydrogen-bond acceptors (Lipinski definition) is 9. The first kappa shape index (κ1) is 20.4. The quantitative estimate of drug-likeness (QED) is 0.524. The van der Waals surface area contributed by atoms with E-state index in [1.54, 1.807) is 6.92 Å². The number of carbonyl (C=O) groups is 4. The maximum Gasteiger partial charge on any atom is 0.303 e. The van der Waals surface area contributed by atoms with E-state index < -0.39 is 47.6 Å². The Kier molecular flexibility index (Phi) is 7.68. The summed E-state index contributed by atoms with van der Waals surface area (Å²) in [6.45, 7) is 6.68. The lowest BCUT2D eigenvalue weighted by Crippen LogP contribution is -2.56. The van der Waals surface area contributed by atoms with Crippen molar-refractivity contribution < 1.29 is 38.1 Å². The molecule has 0 radical (unpaired) electrons. The van der Waals surface area contributed by atoms with Gasteiger partial charge in [-0.25, -0.2) is 0 Å². The Morgan fingerprint density at radius 1 is 0.917 bits per heavy atom. The van der Waals surface area contributed by atoms with Crippen LogP contribution >= 0.6 is 11.8 Å². The Bertz CT molecular complexity index is 504. The number of rotatable bonds is 5. The van der Waals surface area contributed by atoms with Crippen molar-refractivity contribution in [1.29, 1.82) is 0 Å². The molecule has 2 unspecified atom stereocenters.